The first-order chi connectivity index (χ1) is 10.4. The Hall–Kier alpha value is -1.98. The van der Waals surface area contributed by atoms with Crippen molar-refractivity contribution in [2.45, 2.75) is 13.8 Å². The Balaban J connectivity index is 1.70. The van der Waals surface area contributed by atoms with Crippen LogP contribution in [0.3, 0.4) is 0 Å². The van der Waals surface area contributed by atoms with Crippen molar-refractivity contribution in [2.75, 3.05) is 0 Å². The molecule has 2 aliphatic heterocycles. The molecule has 2 saturated heterocycles. The van der Waals surface area contributed by atoms with E-state index in [1.807, 2.05) is 13.8 Å². The van der Waals surface area contributed by atoms with Crippen molar-refractivity contribution in [2.24, 2.45) is 47.3 Å². The third-order valence-corrected chi connectivity index (χ3v) is 6.98. The summed E-state index contributed by atoms with van der Waals surface area (Å²) in [7, 11) is 0. The lowest BCUT2D eigenvalue weighted by molar-refractivity contribution is -0.170. The number of hydrogen-bond acceptors (Lipinski definition) is 4. The highest BCUT2D eigenvalue weighted by atomic mass is 16.2. The van der Waals surface area contributed by atoms with Crippen LogP contribution >= 0.6 is 0 Å². The molecule has 6 heteroatoms. The quantitative estimate of drug-likeness (QED) is 0.470. The second kappa shape index (κ2) is 3.50. The number of allylic oxidation sites excluding steroid dienone is 2. The first-order valence-electron chi connectivity index (χ1n) is 7.80. The van der Waals surface area contributed by atoms with Crippen LogP contribution in [0, 0.1) is 47.3 Å². The summed E-state index contributed by atoms with van der Waals surface area (Å²) in [6.07, 6.45) is 0. The topological polar surface area (TPSA) is 92.3 Å². The molecule has 22 heavy (non-hydrogen) atoms. The average Bonchev–Trinajstić information content (AvgIpc) is 2.84. The van der Waals surface area contributed by atoms with Gasteiger partial charge in [-0.3, -0.25) is 29.8 Å². The van der Waals surface area contributed by atoms with E-state index in [0.717, 1.165) is 11.1 Å². The second-order valence-electron chi connectivity index (χ2n) is 7.38. The van der Waals surface area contributed by atoms with Crippen LogP contribution in [0.15, 0.2) is 11.1 Å². The molecule has 0 aromatic rings. The van der Waals surface area contributed by atoms with E-state index in [4.69, 9.17) is 0 Å². The van der Waals surface area contributed by atoms with Crippen molar-refractivity contribution < 1.29 is 19.2 Å². The Morgan fingerprint density at radius 3 is 1.23 bits per heavy atom. The van der Waals surface area contributed by atoms with Crippen molar-refractivity contribution in [1.82, 2.24) is 10.6 Å². The highest BCUT2D eigenvalue weighted by Crippen LogP contribution is 2.69. The molecule has 2 heterocycles. The molecule has 2 saturated carbocycles. The summed E-state index contributed by atoms with van der Waals surface area (Å²) in [6, 6.07) is 0. The minimum absolute atomic E-state index is 0.0306. The van der Waals surface area contributed by atoms with Crippen LogP contribution in [0.5, 0.6) is 0 Å². The lowest BCUT2D eigenvalue weighted by Gasteiger charge is -2.63. The molecule has 0 aromatic carbocycles. The second-order valence-corrected chi connectivity index (χ2v) is 7.38. The maximum absolute atomic E-state index is 12.3. The molecule has 0 radical (unpaired) electrons. The number of hydrogen-bond donors (Lipinski definition) is 2. The van der Waals surface area contributed by atoms with E-state index in [2.05, 4.69) is 10.6 Å². The Labute approximate surface area is 126 Å². The minimum Gasteiger partial charge on any atom is -0.296 e. The zero-order valence-corrected chi connectivity index (χ0v) is 12.3. The van der Waals surface area contributed by atoms with Crippen LogP contribution in [0.2, 0.25) is 0 Å². The van der Waals surface area contributed by atoms with Gasteiger partial charge >= 0.3 is 0 Å². The third kappa shape index (κ3) is 1.06. The molecule has 8 atom stereocenters. The van der Waals surface area contributed by atoms with E-state index >= 15 is 0 Å². The standard InChI is InChI=1S/C16H16N2O4/c1-3-4(2)6-8-7(11-12(8)16(22)18-15(11)21)5(3)9-10(6)14(20)17-13(9)19/h5-12H,1-2H3,(H,17,19,20)(H,18,21,22)/t5-,6-,7-,8+,9-,10-,11-,12-/m1/s1. The lowest BCUT2D eigenvalue weighted by Crippen LogP contribution is -2.65. The number of amides is 4. The van der Waals surface area contributed by atoms with E-state index < -0.39 is 0 Å². The van der Waals surface area contributed by atoms with E-state index in [9.17, 15) is 19.2 Å². The number of rotatable bonds is 0. The molecule has 2 N–H and O–H groups in total. The van der Waals surface area contributed by atoms with Gasteiger partial charge in [-0.05, 0) is 37.5 Å². The minimum atomic E-state index is -0.355. The van der Waals surface area contributed by atoms with Crippen LogP contribution < -0.4 is 10.6 Å². The molecular weight excluding hydrogens is 284 g/mol. The fourth-order valence-corrected chi connectivity index (χ4v) is 6.21. The van der Waals surface area contributed by atoms with Gasteiger partial charge < -0.3 is 0 Å². The summed E-state index contributed by atoms with van der Waals surface area (Å²) in [5, 5.41) is 4.91. The molecule has 4 amide bonds. The highest BCUT2D eigenvalue weighted by Gasteiger charge is 2.74. The van der Waals surface area contributed by atoms with Gasteiger partial charge in [0.25, 0.3) is 0 Å². The van der Waals surface area contributed by atoms with E-state index in [-0.39, 0.29) is 71.0 Å². The van der Waals surface area contributed by atoms with Crippen molar-refractivity contribution in [3.63, 3.8) is 0 Å². The molecular formula is C16H16N2O4. The number of fused-ring (bicyclic) bond motifs is 1. The largest absolute Gasteiger partial charge is 0.296 e. The summed E-state index contributed by atoms with van der Waals surface area (Å²) in [4.78, 5) is 48.7. The van der Waals surface area contributed by atoms with Gasteiger partial charge in [0.1, 0.15) is 0 Å². The maximum Gasteiger partial charge on any atom is 0.231 e. The number of carbonyl (C=O) groups is 4. The van der Waals surface area contributed by atoms with Gasteiger partial charge in [-0.2, -0.15) is 0 Å². The van der Waals surface area contributed by atoms with Gasteiger partial charge in [-0.25, -0.2) is 0 Å². The monoisotopic (exact) mass is 300 g/mol. The predicted octanol–water partition coefficient (Wildman–Crippen LogP) is -0.394. The molecule has 4 aliphatic carbocycles. The Bertz CT molecular complexity index is 666. The molecule has 0 aromatic heterocycles. The average molecular weight is 300 g/mol. The highest BCUT2D eigenvalue weighted by molar-refractivity contribution is 6.09. The van der Waals surface area contributed by atoms with Crippen LogP contribution in [0.25, 0.3) is 0 Å². The fraction of sp³-hybridized carbons (Fsp3) is 0.625. The third-order valence-electron chi connectivity index (χ3n) is 6.98. The Morgan fingerprint density at radius 1 is 0.545 bits per heavy atom. The van der Waals surface area contributed by atoms with Crippen molar-refractivity contribution in [1.29, 1.82) is 0 Å². The summed E-state index contributed by atoms with van der Waals surface area (Å²) < 4.78 is 0. The summed E-state index contributed by atoms with van der Waals surface area (Å²) in [5.41, 5.74) is 2.28. The van der Waals surface area contributed by atoms with Gasteiger partial charge in [0, 0.05) is 0 Å². The maximum atomic E-state index is 12.3. The van der Waals surface area contributed by atoms with E-state index in [1.165, 1.54) is 0 Å². The van der Waals surface area contributed by atoms with Crippen molar-refractivity contribution >= 4 is 23.6 Å². The van der Waals surface area contributed by atoms with E-state index in [1.54, 1.807) is 0 Å². The molecule has 6 nitrogen and oxygen atoms in total. The molecule has 114 valence electrons. The Morgan fingerprint density at radius 2 is 0.864 bits per heavy atom. The first kappa shape index (κ1) is 12.6. The SMILES string of the molecule is CC1=C(C)[C@H]2[C@H]3C(=O)NC(=O)[C@@H]3[C@H]1[C@@H]1[C@H]3C(=O)NC(=O)[C@@H]3[C@H]21. The van der Waals surface area contributed by atoms with Crippen LogP contribution in [0.4, 0.5) is 0 Å². The van der Waals surface area contributed by atoms with Gasteiger partial charge in [-0.15, -0.1) is 0 Å². The molecule has 2 bridgehead atoms. The smallest absolute Gasteiger partial charge is 0.231 e. The van der Waals surface area contributed by atoms with E-state index in [0.29, 0.717) is 0 Å². The van der Waals surface area contributed by atoms with Gasteiger partial charge in [0.2, 0.25) is 23.6 Å². The zero-order chi connectivity index (χ0) is 15.5. The number of carbonyl (C=O) groups excluding carboxylic acids is 4. The molecule has 0 unspecified atom stereocenters. The number of nitrogens with one attached hydrogen (secondary N) is 2. The molecule has 6 rings (SSSR count). The Kier molecular flexibility index (Phi) is 2.00. The first-order valence-corrected chi connectivity index (χ1v) is 7.80. The van der Waals surface area contributed by atoms with Gasteiger partial charge in [-0.1, -0.05) is 11.1 Å². The van der Waals surface area contributed by atoms with Crippen LogP contribution in [-0.2, 0) is 19.2 Å². The summed E-state index contributed by atoms with van der Waals surface area (Å²) in [6.45, 7) is 4.02. The summed E-state index contributed by atoms with van der Waals surface area (Å²) in [5.74, 6) is -2.23. The van der Waals surface area contributed by atoms with Crippen molar-refractivity contribution in [3.8, 4) is 0 Å². The van der Waals surface area contributed by atoms with Crippen LogP contribution in [-0.4, -0.2) is 23.6 Å². The normalized spacial score (nSPS) is 51.2. The number of imide groups is 2. The molecule has 4 fully saturated rings. The fourth-order valence-electron chi connectivity index (χ4n) is 6.21. The predicted molar refractivity (Wildman–Crippen MR) is 72.6 cm³/mol. The lowest BCUT2D eigenvalue weighted by atomic mass is 9.37. The van der Waals surface area contributed by atoms with Crippen molar-refractivity contribution in [3.05, 3.63) is 11.1 Å². The molecule has 6 aliphatic rings. The summed E-state index contributed by atoms with van der Waals surface area (Å²) >= 11 is 0. The zero-order valence-electron chi connectivity index (χ0n) is 12.3. The van der Waals surface area contributed by atoms with Gasteiger partial charge in [0.15, 0.2) is 0 Å². The van der Waals surface area contributed by atoms with Crippen LogP contribution in [0.1, 0.15) is 13.8 Å². The molecule has 0 spiro atoms. The van der Waals surface area contributed by atoms with Gasteiger partial charge in [0.05, 0.1) is 23.7 Å².